The average Bonchev–Trinajstić information content (AvgIpc) is 2.74. The molecule has 2 rings (SSSR count). The Morgan fingerprint density at radius 1 is 1.05 bits per heavy atom. The summed E-state index contributed by atoms with van der Waals surface area (Å²) in [6.07, 6.45) is 0.876. The lowest BCUT2D eigenvalue weighted by molar-refractivity contribution is 0.0702. The van der Waals surface area contributed by atoms with Gasteiger partial charge in [0.1, 0.15) is 0 Å². The molecular formula is C13H28N4O3S. The van der Waals surface area contributed by atoms with Crippen LogP contribution in [0.15, 0.2) is 0 Å². The first-order valence-corrected chi connectivity index (χ1v) is 9.19. The summed E-state index contributed by atoms with van der Waals surface area (Å²) < 4.78 is 33.7. The van der Waals surface area contributed by atoms with Gasteiger partial charge in [-0.3, -0.25) is 0 Å². The van der Waals surface area contributed by atoms with Crippen LogP contribution in [0, 0.1) is 5.92 Å². The second kappa shape index (κ2) is 7.85. The zero-order chi connectivity index (χ0) is 15.3. The highest BCUT2D eigenvalue weighted by Crippen LogP contribution is 2.14. The summed E-state index contributed by atoms with van der Waals surface area (Å²) in [6.45, 7) is 8.57. The standard InChI is InChI=1S/C13H28N4O3S/c1-13(11-14)12-15-3-2-4-16(6-5-15)21(18,19)17-7-9-20-10-8-17/h13H,2-12,14H2,1H3. The highest BCUT2D eigenvalue weighted by Gasteiger charge is 2.32. The van der Waals surface area contributed by atoms with Crippen molar-refractivity contribution in [3.8, 4) is 0 Å². The highest BCUT2D eigenvalue weighted by molar-refractivity contribution is 7.86. The fourth-order valence-corrected chi connectivity index (χ4v) is 4.43. The molecule has 0 saturated carbocycles. The van der Waals surface area contributed by atoms with Crippen molar-refractivity contribution in [1.29, 1.82) is 0 Å². The first-order chi connectivity index (χ1) is 10.0. The number of nitrogens with two attached hydrogens (primary N) is 1. The lowest BCUT2D eigenvalue weighted by atomic mass is 10.1. The third-order valence-electron chi connectivity index (χ3n) is 4.14. The van der Waals surface area contributed by atoms with E-state index in [-0.39, 0.29) is 0 Å². The Morgan fingerprint density at radius 3 is 2.38 bits per heavy atom. The number of ether oxygens (including phenoxy) is 1. The lowest BCUT2D eigenvalue weighted by Crippen LogP contribution is -2.49. The molecule has 2 heterocycles. The lowest BCUT2D eigenvalue weighted by Gasteiger charge is -2.31. The van der Waals surface area contributed by atoms with Crippen LogP contribution >= 0.6 is 0 Å². The molecule has 0 amide bonds. The maximum atomic E-state index is 12.6. The Morgan fingerprint density at radius 2 is 1.71 bits per heavy atom. The summed E-state index contributed by atoms with van der Waals surface area (Å²) in [5.74, 6) is 0.451. The van der Waals surface area contributed by atoms with Crippen molar-refractivity contribution in [2.45, 2.75) is 13.3 Å². The summed E-state index contributed by atoms with van der Waals surface area (Å²) in [4.78, 5) is 2.33. The minimum atomic E-state index is -3.33. The van der Waals surface area contributed by atoms with E-state index in [4.69, 9.17) is 10.5 Å². The van der Waals surface area contributed by atoms with E-state index in [0.717, 1.165) is 26.1 Å². The van der Waals surface area contributed by atoms with Gasteiger partial charge in [-0.15, -0.1) is 0 Å². The summed E-state index contributed by atoms with van der Waals surface area (Å²) in [5, 5.41) is 0. The van der Waals surface area contributed by atoms with Gasteiger partial charge >= 0.3 is 0 Å². The molecule has 2 saturated heterocycles. The summed E-state index contributed by atoms with van der Waals surface area (Å²) in [6, 6.07) is 0. The van der Waals surface area contributed by atoms with Crippen LogP contribution in [0.5, 0.6) is 0 Å². The Hall–Kier alpha value is -0.250. The maximum Gasteiger partial charge on any atom is 0.282 e. The first kappa shape index (κ1) is 17.1. The summed E-state index contributed by atoms with van der Waals surface area (Å²) in [5.41, 5.74) is 5.67. The zero-order valence-corrected chi connectivity index (χ0v) is 13.7. The van der Waals surface area contributed by atoms with Gasteiger partial charge in [0.05, 0.1) is 13.2 Å². The fourth-order valence-electron chi connectivity index (χ4n) is 2.82. The van der Waals surface area contributed by atoms with Crippen LogP contribution in [-0.4, -0.2) is 87.5 Å². The molecule has 0 radical (unpaired) electrons. The topological polar surface area (TPSA) is 79.1 Å². The molecule has 1 unspecified atom stereocenters. The number of rotatable bonds is 5. The molecule has 2 aliphatic rings. The normalized spacial score (nSPS) is 25.6. The van der Waals surface area contributed by atoms with Gasteiger partial charge in [0, 0.05) is 39.3 Å². The van der Waals surface area contributed by atoms with Gasteiger partial charge in [-0.05, 0) is 25.4 Å². The smallest absolute Gasteiger partial charge is 0.282 e. The minimum absolute atomic E-state index is 0.451. The Kier molecular flexibility index (Phi) is 6.39. The molecule has 0 aromatic heterocycles. The molecule has 124 valence electrons. The first-order valence-electron chi connectivity index (χ1n) is 7.79. The van der Waals surface area contributed by atoms with E-state index in [9.17, 15) is 8.42 Å². The van der Waals surface area contributed by atoms with Gasteiger partial charge in [-0.25, -0.2) is 0 Å². The molecule has 0 spiro atoms. The van der Waals surface area contributed by atoms with E-state index in [1.165, 1.54) is 0 Å². The zero-order valence-electron chi connectivity index (χ0n) is 12.9. The number of hydrogen-bond donors (Lipinski definition) is 1. The molecule has 7 nitrogen and oxygen atoms in total. The van der Waals surface area contributed by atoms with E-state index < -0.39 is 10.2 Å². The molecule has 2 fully saturated rings. The van der Waals surface area contributed by atoms with Crippen molar-refractivity contribution in [3.63, 3.8) is 0 Å². The van der Waals surface area contributed by atoms with E-state index in [1.54, 1.807) is 8.61 Å². The second-order valence-corrected chi connectivity index (χ2v) is 7.84. The molecule has 0 aromatic rings. The van der Waals surface area contributed by atoms with Gasteiger partial charge in [0.2, 0.25) is 0 Å². The van der Waals surface area contributed by atoms with Crippen molar-refractivity contribution < 1.29 is 13.2 Å². The van der Waals surface area contributed by atoms with Gasteiger partial charge in [0.15, 0.2) is 0 Å². The van der Waals surface area contributed by atoms with Gasteiger partial charge < -0.3 is 15.4 Å². The Bertz CT molecular complexity index is 412. The Balaban J connectivity index is 1.92. The van der Waals surface area contributed by atoms with Crippen molar-refractivity contribution in [2.75, 3.05) is 65.6 Å². The van der Waals surface area contributed by atoms with E-state index >= 15 is 0 Å². The van der Waals surface area contributed by atoms with Crippen molar-refractivity contribution in [3.05, 3.63) is 0 Å². The molecular weight excluding hydrogens is 292 g/mol. The van der Waals surface area contributed by atoms with Crippen LogP contribution in [0.3, 0.4) is 0 Å². The maximum absolute atomic E-state index is 12.6. The van der Waals surface area contributed by atoms with E-state index in [1.807, 2.05) is 0 Å². The molecule has 0 bridgehead atoms. The van der Waals surface area contributed by atoms with Gasteiger partial charge in [-0.2, -0.15) is 17.0 Å². The summed E-state index contributed by atoms with van der Waals surface area (Å²) >= 11 is 0. The highest BCUT2D eigenvalue weighted by atomic mass is 32.2. The SMILES string of the molecule is CC(CN)CN1CCCN(S(=O)(=O)N2CCOCC2)CC1. The molecule has 2 N–H and O–H groups in total. The van der Waals surface area contributed by atoms with E-state index in [0.29, 0.717) is 51.9 Å². The van der Waals surface area contributed by atoms with Gasteiger partial charge in [-0.1, -0.05) is 6.92 Å². The average molecular weight is 320 g/mol. The molecule has 1 atom stereocenters. The van der Waals surface area contributed by atoms with Crippen molar-refractivity contribution in [2.24, 2.45) is 11.7 Å². The monoisotopic (exact) mass is 320 g/mol. The molecule has 8 heteroatoms. The predicted molar refractivity (Wildman–Crippen MR) is 82.2 cm³/mol. The van der Waals surface area contributed by atoms with Crippen molar-refractivity contribution in [1.82, 2.24) is 13.5 Å². The van der Waals surface area contributed by atoms with Crippen LogP contribution in [0.1, 0.15) is 13.3 Å². The van der Waals surface area contributed by atoms with Crippen LogP contribution in [-0.2, 0) is 14.9 Å². The number of nitrogens with zero attached hydrogens (tertiary/aromatic N) is 3. The fraction of sp³-hybridized carbons (Fsp3) is 1.00. The van der Waals surface area contributed by atoms with Crippen molar-refractivity contribution >= 4 is 10.2 Å². The van der Waals surface area contributed by atoms with Crippen LogP contribution in [0.2, 0.25) is 0 Å². The third kappa shape index (κ3) is 4.61. The minimum Gasteiger partial charge on any atom is -0.379 e. The third-order valence-corrected chi connectivity index (χ3v) is 6.18. The molecule has 2 aliphatic heterocycles. The number of morpholine rings is 1. The predicted octanol–water partition coefficient (Wildman–Crippen LogP) is -0.834. The second-order valence-electron chi connectivity index (χ2n) is 5.91. The van der Waals surface area contributed by atoms with Crippen LogP contribution < -0.4 is 5.73 Å². The van der Waals surface area contributed by atoms with Crippen LogP contribution in [0.25, 0.3) is 0 Å². The number of hydrogen-bond acceptors (Lipinski definition) is 5. The van der Waals surface area contributed by atoms with Gasteiger partial charge in [0.25, 0.3) is 10.2 Å². The Labute approximate surface area is 128 Å². The summed E-state index contributed by atoms with van der Waals surface area (Å²) in [7, 11) is -3.33. The van der Waals surface area contributed by atoms with Crippen LogP contribution in [0.4, 0.5) is 0 Å². The van der Waals surface area contributed by atoms with E-state index in [2.05, 4.69) is 11.8 Å². The largest absolute Gasteiger partial charge is 0.379 e. The molecule has 21 heavy (non-hydrogen) atoms. The quantitative estimate of drug-likeness (QED) is 0.715. The molecule has 0 aliphatic carbocycles. The molecule has 0 aromatic carbocycles.